The fourth-order valence-electron chi connectivity index (χ4n) is 2.32. The van der Waals surface area contributed by atoms with Gasteiger partial charge < -0.3 is 15.1 Å². The quantitative estimate of drug-likeness (QED) is 0.776. The Hall–Kier alpha value is -1.58. The fourth-order valence-corrected chi connectivity index (χ4v) is 2.32. The van der Waals surface area contributed by atoms with E-state index in [4.69, 9.17) is 4.42 Å². The maximum Gasteiger partial charge on any atom is 0.105 e. The van der Waals surface area contributed by atoms with E-state index in [9.17, 15) is 0 Å². The third kappa shape index (κ3) is 4.51. The largest absolute Gasteiger partial charge is 0.469 e. The van der Waals surface area contributed by atoms with Gasteiger partial charge in [0.1, 0.15) is 5.76 Å². The molecule has 1 heterocycles. The third-order valence-electron chi connectivity index (χ3n) is 3.49. The first-order chi connectivity index (χ1) is 9.79. The van der Waals surface area contributed by atoms with Crippen molar-refractivity contribution < 1.29 is 4.42 Å². The van der Waals surface area contributed by atoms with Crippen LogP contribution in [-0.2, 0) is 19.4 Å². The van der Waals surface area contributed by atoms with E-state index in [0.717, 1.165) is 31.7 Å². The molecule has 1 aromatic heterocycles. The summed E-state index contributed by atoms with van der Waals surface area (Å²) in [5.74, 6) is 1.04. The van der Waals surface area contributed by atoms with Crippen LogP contribution in [0, 0.1) is 0 Å². The average molecular weight is 272 g/mol. The van der Waals surface area contributed by atoms with Crippen molar-refractivity contribution in [2.24, 2.45) is 0 Å². The predicted octanol–water partition coefficient (Wildman–Crippen LogP) is 2.76. The molecular weight excluding hydrogens is 248 g/mol. The number of rotatable bonds is 8. The monoisotopic (exact) mass is 272 g/mol. The maximum absolute atomic E-state index is 5.38. The van der Waals surface area contributed by atoms with Crippen molar-refractivity contribution in [1.29, 1.82) is 0 Å². The van der Waals surface area contributed by atoms with Gasteiger partial charge in [-0.25, -0.2) is 0 Å². The minimum Gasteiger partial charge on any atom is -0.469 e. The Morgan fingerprint density at radius 3 is 2.60 bits per heavy atom. The van der Waals surface area contributed by atoms with E-state index in [1.807, 2.05) is 19.2 Å². The molecule has 0 radical (unpaired) electrons. The Kier molecular flexibility index (Phi) is 5.84. The molecule has 0 saturated carbocycles. The summed E-state index contributed by atoms with van der Waals surface area (Å²) in [6.07, 6.45) is 3.72. The van der Waals surface area contributed by atoms with E-state index in [1.165, 1.54) is 11.1 Å². The number of nitrogens with one attached hydrogen (secondary N) is 2. The first-order valence-corrected chi connectivity index (χ1v) is 7.26. The van der Waals surface area contributed by atoms with Gasteiger partial charge in [0.15, 0.2) is 0 Å². The van der Waals surface area contributed by atoms with Crippen molar-refractivity contribution in [2.75, 3.05) is 13.6 Å². The number of hydrogen-bond acceptors (Lipinski definition) is 3. The molecular formula is C17H24N2O. The van der Waals surface area contributed by atoms with E-state index >= 15 is 0 Å². The molecule has 2 N–H and O–H groups in total. The average Bonchev–Trinajstić information content (AvgIpc) is 2.96. The second-order valence-electron chi connectivity index (χ2n) is 5.19. The van der Waals surface area contributed by atoms with Crippen molar-refractivity contribution in [3.05, 3.63) is 59.5 Å². The van der Waals surface area contributed by atoms with E-state index in [-0.39, 0.29) is 0 Å². The molecule has 0 saturated heterocycles. The lowest BCUT2D eigenvalue weighted by Gasteiger charge is -2.15. The van der Waals surface area contributed by atoms with Crippen molar-refractivity contribution in [2.45, 2.75) is 32.4 Å². The third-order valence-corrected chi connectivity index (χ3v) is 3.49. The van der Waals surface area contributed by atoms with Crippen LogP contribution < -0.4 is 10.6 Å². The van der Waals surface area contributed by atoms with Gasteiger partial charge in [-0.2, -0.15) is 0 Å². The fraction of sp³-hybridized carbons (Fsp3) is 0.412. The molecule has 1 aromatic carbocycles. The molecule has 0 aliphatic carbocycles. The molecule has 3 heteroatoms. The van der Waals surface area contributed by atoms with Crippen molar-refractivity contribution in [1.82, 2.24) is 10.6 Å². The van der Waals surface area contributed by atoms with Crippen LogP contribution in [0.5, 0.6) is 0 Å². The van der Waals surface area contributed by atoms with Gasteiger partial charge in [-0.1, -0.05) is 24.3 Å². The second-order valence-corrected chi connectivity index (χ2v) is 5.19. The number of likely N-dealkylation sites (N-methyl/N-ethyl adjacent to an activating group) is 1. The smallest absolute Gasteiger partial charge is 0.105 e. The molecule has 0 bridgehead atoms. The Morgan fingerprint density at radius 1 is 1.10 bits per heavy atom. The molecule has 0 spiro atoms. The SMILES string of the molecule is CNCCc1ccccc1CNC(C)Cc1ccco1. The summed E-state index contributed by atoms with van der Waals surface area (Å²) in [7, 11) is 1.99. The van der Waals surface area contributed by atoms with Gasteiger partial charge in [0.25, 0.3) is 0 Å². The van der Waals surface area contributed by atoms with Crippen molar-refractivity contribution in [3.8, 4) is 0 Å². The predicted molar refractivity (Wildman–Crippen MR) is 82.8 cm³/mol. The highest BCUT2D eigenvalue weighted by Gasteiger charge is 2.07. The minimum absolute atomic E-state index is 0.401. The number of benzene rings is 1. The lowest BCUT2D eigenvalue weighted by atomic mass is 10.0. The summed E-state index contributed by atoms with van der Waals surface area (Å²) in [6.45, 7) is 4.11. The lowest BCUT2D eigenvalue weighted by Crippen LogP contribution is -2.28. The first-order valence-electron chi connectivity index (χ1n) is 7.26. The molecule has 0 fully saturated rings. The highest BCUT2D eigenvalue weighted by Crippen LogP contribution is 2.10. The zero-order valence-corrected chi connectivity index (χ0v) is 12.4. The summed E-state index contributed by atoms with van der Waals surface area (Å²) in [6, 6.07) is 13.0. The van der Waals surface area contributed by atoms with Gasteiger partial charge in [-0.3, -0.25) is 0 Å². The number of furan rings is 1. The topological polar surface area (TPSA) is 37.2 Å². The Bertz CT molecular complexity index is 493. The van der Waals surface area contributed by atoms with Gasteiger partial charge in [-0.15, -0.1) is 0 Å². The minimum atomic E-state index is 0.401. The highest BCUT2D eigenvalue weighted by molar-refractivity contribution is 5.27. The van der Waals surface area contributed by atoms with Gasteiger partial charge in [0.2, 0.25) is 0 Å². The van der Waals surface area contributed by atoms with Crippen LogP contribution in [0.3, 0.4) is 0 Å². The standard InChI is InChI=1S/C17H24N2O/c1-14(12-17-8-5-11-20-17)19-13-16-7-4-3-6-15(16)9-10-18-2/h3-8,11,14,18-19H,9-10,12-13H2,1-2H3. The van der Waals surface area contributed by atoms with E-state index in [1.54, 1.807) is 6.26 Å². The normalized spacial score (nSPS) is 12.5. The summed E-state index contributed by atoms with van der Waals surface area (Å²) in [5.41, 5.74) is 2.80. The van der Waals surface area contributed by atoms with Gasteiger partial charge in [-0.05, 0) is 50.2 Å². The van der Waals surface area contributed by atoms with Crippen LogP contribution in [0.1, 0.15) is 23.8 Å². The van der Waals surface area contributed by atoms with Crippen LogP contribution in [0.25, 0.3) is 0 Å². The van der Waals surface area contributed by atoms with E-state index in [2.05, 4.69) is 41.8 Å². The molecule has 3 nitrogen and oxygen atoms in total. The molecule has 0 amide bonds. The van der Waals surface area contributed by atoms with Crippen LogP contribution in [0.4, 0.5) is 0 Å². The molecule has 0 aliphatic rings. The van der Waals surface area contributed by atoms with E-state index in [0.29, 0.717) is 6.04 Å². The van der Waals surface area contributed by atoms with Gasteiger partial charge >= 0.3 is 0 Å². The molecule has 0 aliphatic heterocycles. The van der Waals surface area contributed by atoms with E-state index < -0.39 is 0 Å². The molecule has 2 rings (SSSR count). The van der Waals surface area contributed by atoms with Gasteiger partial charge in [0, 0.05) is 19.0 Å². The zero-order chi connectivity index (χ0) is 14.2. The lowest BCUT2D eigenvalue weighted by molar-refractivity contribution is 0.456. The first kappa shape index (κ1) is 14.8. The Balaban J connectivity index is 1.86. The van der Waals surface area contributed by atoms with Crippen molar-refractivity contribution >= 4 is 0 Å². The Morgan fingerprint density at radius 2 is 1.90 bits per heavy atom. The van der Waals surface area contributed by atoms with Gasteiger partial charge in [0.05, 0.1) is 6.26 Å². The van der Waals surface area contributed by atoms with Crippen molar-refractivity contribution in [3.63, 3.8) is 0 Å². The molecule has 108 valence electrons. The Labute approximate surface area is 121 Å². The van der Waals surface area contributed by atoms with Crippen LogP contribution in [0.2, 0.25) is 0 Å². The van der Waals surface area contributed by atoms with Crippen LogP contribution in [0.15, 0.2) is 47.1 Å². The van der Waals surface area contributed by atoms with Crippen LogP contribution in [-0.4, -0.2) is 19.6 Å². The van der Waals surface area contributed by atoms with Crippen LogP contribution >= 0.6 is 0 Å². The second kappa shape index (κ2) is 7.88. The molecule has 1 unspecified atom stereocenters. The summed E-state index contributed by atoms with van der Waals surface area (Å²) in [5, 5.41) is 6.78. The summed E-state index contributed by atoms with van der Waals surface area (Å²) < 4.78 is 5.38. The number of hydrogen-bond donors (Lipinski definition) is 2. The summed E-state index contributed by atoms with van der Waals surface area (Å²) >= 11 is 0. The molecule has 20 heavy (non-hydrogen) atoms. The maximum atomic E-state index is 5.38. The molecule has 1 atom stereocenters. The highest BCUT2D eigenvalue weighted by atomic mass is 16.3. The summed E-state index contributed by atoms with van der Waals surface area (Å²) in [4.78, 5) is 0. The zero-order valence-electron chi connectivity index (χ0n) is 12.4. The molecule has 2 aromatic rings.